The first-order valence-corrected chi connectivity index (χ1v) is 8.92. The molecule has 1 amide bonds. The van der Waals surface area contributed by atoms with Gasteiger partial charge >= 0.3 is 5.63 Å². The fraction of sp³-hybridized carbons (Fsp3) is 0.474. The number of hydrogen-bond acceptors (Lipinski definition) is 4. The zero-order chi connectivity index (χ0) is 18.1. The number of nitrogens with zero attached hydrogens (tertiary/aromatic N) is 1. The number of rotatable bonds is 3. The number of carbonyl (C=O) groups is 1. The van der Waals surface area contributed by atoms with E-state index in [1.54, 1.807) is 12.1 Å². The van der Waals surface area contributed by atoms with E-state index >= 15 is 0 Å². The second-order valence-corrected chi connectivity index (χ2v) is 7.15. The first kappa shape index (κ1) is 17.8. The topological polar surface area (TPSA) is 59.8 Å². The molecule has 1 aromatic heterocycles. The number of carbonyl (C=O) groups excluding carboxylic acids is 1. The van der Waals surface area contributed by atoms with Crippen molar-refractivity contribution < 1.29 is 13.9 Å². The summed E-state index contributed by atoms with van der Waals surface area (Å²) in [4.78, 5) is 26.0. The van der Waals surface area contributed by atoms with Crippen LogP contribution in [0.15, 0.2) is 27.4 Å². The normalized spacial score (nSPS) is 20.7. The molecule has 5 nitrogen and oxygen atoms in total. The first-order chi connectivity index (χ1) is 11.9. The summed E-state index contributed by atoms with van der Waals surface area (Å²) in [5.41, 5.74) is 0.758. The van der Waals surface area contributed by atoms with Gasteiger partial charge in [0.25, 0.3) is 5.91 Å². The summed E-state index contributed by atoms with van der Waals surface area (Å²) >= 11 is 6.27. The van der Waals surface area contributed by atoms with Crippen LogP contribution in [0.3, 0.4) is 0 Å². The SMILES string of the molecule is Cc1cc(=O)oc2cc(OCC(=O)N3C(C)CCCC3C)c(Cl)cc12. The van der Waals surface area contributed by atoms with Crippen molar-refractivity contribution in [3.05, 3.63) is 39.2 Å². The molecule has 2 atom stereocenters. The molecular formula is C19H22ClNO4. The third-order valence-corrected chi connectivity index (χ3v) is 5.13. The molecule has 3 rings (SSSR count). The van der Waals surface area contributed by atoms with Crippen LogP contribution in [0.4, 0.5) is 0 Å². The van der Waals surface area contributed by atoms with Crippen LogP contribution in [0.5, 0.6) is 5.75 Å². The molecule has 1 saturated heterocycles. The number of hydrogen-bond donors (Lipinski definition) is 0. The number of likely N-dealkylation sites (tertiary alicyclic amines) is 1. The van der Waals surface area contributed by atoms with Crippen molar-refractivity contribution in [1.82, 2.24) is 4.90 Å². The molecule has 6 heteroatoms. The highest BCUT2D eigenvalue weighted by atomic mass is 35.5. The Morgan fingerprint density at radius 1 is 1.28 bits per heavy atom. The first-order valence-electron chi connectivity index (χ1n) is 8.55. The molecule has 2 heterocycles. The van der Waals surface area contributed by atoms with Gasteiger partial charge in [-0.25, -0.2) is 4.79 Å². The van der Waals surface area contributed by atoms with E-state index < -0.39 is 5.63 Å². The summed E-state index contributed by atoms with van der Waals surface area (Å²) in [7, 11) is 0. The molecule has 0 aliphatic carbocycles. The average Bonchev–Trinajstić information content (AvgIpc) is 2.53. The van der Waals surface area contributed by atoms with Crippen LogP contribution in [0.2, 0.25) is 5.02 Å². The summed E-state index contributed by atoms with van der Waals surface area (Å²) in [5, 5.41) is 1.14. The van der Waals surface area contributed by atoms with Crippen LogP contribution in [0.1, 0.15) is 38.7 Å². The fourth-order valence-electron chi connectivity index (χ4n) is 3.56. The smallest absolute Gasteiger partial charge is 0.336 e. The number of aryl methyl sites for hydroxylation is 1. The number of halogens is 1. The molecule has 1 aliphatic heterocycles. The van der Waals surface area contributed by atoms with Gasteiger partial charge in [-0.05, 0) is 51.7 Å². The lowest BCUT2D eigenvalue weighted by molar-refractivity contribution is -0.139. The lowest BCUT2D eigenvalue weighted by Crippen LogP contribution is -2.49. The molecular weight excluding hydrogens is 342 g/mol. The Kier molecular flexibility index (Phi) is 5.04. The van der Waals surface area contributed by atoms with Crippen LogP contribution in [-0.2, 0) is 4.79 Å². The highest BCUT2D eigenvalue weighted by Gasteiger charge is 2.29. The number of piperidine rings is 1. The zero-order valence-electron chi connectivity index (χ0n) is 14.7. The third-order valence-electron chi connectivity index (χ3n) is 4.84. The number of benzene rings is 1. The summed E-state index contributed by atoms with van der Waals surface area (Å²) < 4.78 is 10.9. The van der Waals surface area contributed by atoms with Crippen molar-refractivity contribution in [3.8, 4) is 5.75 Å². The third kappa shape index (κ3) is 3.66. The van der Waals surface area contributed by atoms with E-state index in [2.05, 4.69) is 13.8 Å². The molecule has 2 unspecified atom stereocenters. The maximum absolute atomic E-state index is 12.6. The molecule has 1 aliphatic rings. The number of fused-ring (bicyclic) bond motifs is 1. The lowest BCUT2D eigenvalue weighted by atomic mass is 9.97. The maximum atomic E-state index is 12.6. The fourth-order valence-corrected chi connectivity index (χ4v) is 3.78. The van der Waals surface area contributed by atoms with Gasteiger partial charge in [0, 0.05) is 29.6 Å². The minimum Gasteiger partial charge on any atom is -0.482 e. The second kappa shape index (κ2) is 7.08. The van der Waals surface area contributed by atoms with Gasteiger partial charge in [-0.2, -0.15) is 0 Å². The molecule has 2 aromatic rings. The Morgan fingerprint density at radius 3 is 2.64 bits per heavy atom. The van der Waals surface area contributed by atoms with Gasteiger partial charge in [0.1, 0.15) is 11.3 Å². The Labute approximate surface area is 151 Å². The highest BCUT2D eigenvalue weighted by Crippen LogP contribution is 2.31. The van der Waals surface area contributed by atoms with Crippen LogP contribution in [-0.4, -0.2) is 29.5 Å². The molecule has 134 valence electrons. The molecule has 1 aromatic carbocycles. The van der Waals surface area contributed by atoms with E-state index in [0.29, 0.717) is 16.4 Å². The standard InChI is InChI=1S/C19H22ClNO4/c1-11-7-19(23)25-16-9-17(15(20)8-14(11)16)24-10-18(22)21-12(2)5-4-6-13(21)3/h7-9,12-13H,4-6,10H2,1-3H3. The molecule has 0 saturated carbocycles. The second-order valence-electron chi connectivity index (χ2n) is 6.75. The van der Waals surface area contributed by atoms with Crippen LogP contribution >= 0.6 is 11.6 Å². The van der Waals surface area contributed by atoms with E-state index in [-0.39, 0.29) is 24.6 Å². The van der Waals surface area contributed by atoms with E-state index in [4.69, 9.17) is 20.8 Å². The number of ether oxygens (including phenoxy) is 1. The van der Waals surface area contributed by atoms with Crippen molar-refractivity contribution in [2.45, 2.75) is 52.1 Å². The quantitative estimate of drug-likeness (QED) is 0.775. The van der Waals surface area contributed by atoms with E-state index in [1.165, 1.54) is 6.07 Å². The van der Waals surface area contributed by atoms with Crippen LogP contribution in [0, 0.1) is 6.92 Å². The minimum absolute atomic E-state index is 0.0541. The summed E-state index contributed by atoms with van der Waals surface area (Å²) in [6, 6.07) is 5.12. The van der Waals surface area contributed by atoms with Crippen molar-refractivity contribution in [2.75, 3.05) is 6.61 Å². The molecule has 1 fully saturated rings. The van der Waals surface area contributed by atoms with Gasteiger partial charge in [0.05, 0.1) is 5.02 Å². The van der Waals surface area contributed by atoms with E-state index in [1.807, 2.05) is 11.8 Å². The van der Waals surface area contributed by atoms with Gasteiger partial charge in [-0.1, -0.05) is 11.6 Å². The molecule has 25 heavy (non-hydrogen) atoms. The van der Waals surface area contributed by atoms with E-state index in [0.717, 1.165) is 30.2 Å². The van der Waals surface area contributed by atoms with Crippen molar-refractivity contribution >= 4 is 28.5 Å². The highest BCUT2D eigenvalue weighted by molar-refractivity contribution is 6.32. The predicted molar refractivity (Wildman–Crippen MR) is 97.3 cm³/mol. The van der Waals surface area contributed by atoms with Crippen LogP contribution in [0.25, 0.3) is 11.0 Å². The zero-order valence-corrected chi connectivity index (χ0v) is 15.4. The molecule has 0 spiro atoms. The van der Waals surface area contributed by atoms with Crippen molar-refractivity contribution in [3.63, 3.8) is 0 Å². The Balaban J connectivity index is 1.80. The summed E-state index contributed by atoms with van der Waals surface area (Å²) in [6.07, 6.45) is 3.16. The van der Waals surface area contributed by atoms with Gasteiger partial charge in [-0.3, -0.25) is 4.79 Å². The number of amides is 1. The maximum Gasteiger partial charge on any atom is 0.336 e. The Morgan fingerprint density at radius 2 is 1.96 bits per heavy atom. The molecule has 0 bridgehead atoms. The van der Waals surface area contributed by atoms with Gasteiger partial charge in [0.2, 0.25) is 0 Å². The Hall–Kier alpha value is -2.01. The Bertz CT molecular complexity index is 850. The lowest BCUT2D eigenvalue weighted by Gasteiger charge is -2.39. The van der Waals surface area contributed by atoms with Crippen LogP contribution < -0.4 is 10.4 Å². The summed E-state index contributed by atoms with van der Waals surface area (Å²) in [5.74, 6) is 0.287. The van der Waals surface area contributed by atoms with Gasteiger partial charge in [-0.15, -0.1) is 0 Å². The monoisotopic (exact) mass is 363 g/mol. The van der Waals surface area contributed by atoms with Gasteiger partial charge < -0.3 is 14.1 Å². The van der Waals surface area contributed by atoms with Crippen molar-refractivity contribution in [1.29, 1.82) is 0 Å². The van der Waals surface area contributed by atoms with Crippen molar-refractivity contribution in [2.24, 2.45) is 0 Å². The molecule has 0 N–H and O–H groups in total. The largest absolute Gasteiger partial charge is 0.482 e. The van der Waals surface area contributed by atoms with E-state index in [9.17, 15) is 9.59 Å². The molecule has 0 radical (unpaired) electrons. The average molecular weight is 364 g/mol. The minimum atomic E-state index is -0.426. The summed E-state index contributed by atoms with van der Waals surface area (Å²) in [6.45, 7) is 5.86. The predicted octanol–water partition coefficient (Wildman–Crippen LogP) is 3.92. The van der Waals surface area contributed by atoms with Gasteiger partial charge in [0.15, 0.2) is 6.61 Å².